The van der Waals surface area contributed by atoms with Gasteiger partial charge in [-0.3, -0.25) is 4.79 Å². The molecular formula is C18H18ClNO5. The quantitative estimate of drug-likeness (QED) is 0.764. The number of hydrogen-bond donors (Lipinski definition) is 1. The number of halogens is 1. The van der Waals surface area contributed by atoms with Gasteiger partial charge < -0.3 is 19.5 Å². The molecule has 2 rings (SSSR count). The van der Waals surface area contributed by atoms with Crippen molar-refractivity contribution in [2.24, 2.45) is 0 Å². The Balaban J connectivity index is 1.79. The van der Waals surface area contributed by atoms with Crippen LogP contribution in [0.3, 0.4) is 0 Å². The summed E-state index contributed by atoms with van der Waals surface area (Å²) in [6.07, 6.45) is 0. The van der Waals surface area contributed by atoms with Gasteiger partial charge in [0.05, 0.1) is 17.8 Å². The third-order valence-corrected chi connectivity index (χ3v) is 3.49. The number of para-hydroxylation sites is 2. The van der Waals surface area contributed by atoms with Crippen LogP contribution in [0.5, 0.6) is 11.5 Å². The van der Waals surface area contributed by atoms with Crippen molar-refractivity contribution in [2.75, 3.05) is 25.6 Å². The van der Waals surface area contributed by atoms with Gasteiger partial charge in [-0.05, 0) is 36.8 Å². The van der Waals surface area contributed by atoms with Crippen molar-refractivity contribution in [1.82, 2.24) is 0 Å². The third kappa shape index (κ3) is 5.69. The molecule has 25 heavy (non-hydrogen) atoms. The van der Waals surface area contributed by atoms with E-state index in [1.54, 1.807) is 36.4 Å². The van der Waals surface area contributed by atoms with E-state index in [1.807, 2.05) is 13.0 Å². The van der Waals surface area contributed by atoms with E-state index in [1.165, 1.54) is 7.11 Å². The molecule has 0 aromatic heterocycles. The lowest BCUT2D eigenvalue weighted by atomic mass is 10.2. The van der Waals surface area contributed by atoms with Gasteiger partial charge >= 0.3 is 5.97 Å². The molecule has 0 atom stereocenters. The highest BCUT2D eigenvalue weighted by Gasteiger charge is 2.11. The van der Waals surface area contributed by atoms with Crippen LogP contribution >= 0.6 is 11.6 Å². The summed E-state index contributed by atoms with van der Waals surface area (Å²) in [5.41, 5.74) is 1.44. The smallest absolute Gasteiger partial charge is 0.344 e. The normalized spacial score (nSPS) is 10.0. The Morgan fingerprint density at radius 1 is 1.08 bits per heavy atom. The van der Waals surface area contributed by atoms with Crippen molar-refractivity contribution in [1.29, 1.82) is 0 Å². The molecule has 132 valence electrons. The number of aryl methyl sites for hydroxylation is 1. The second kappa shape index (κ2) is 8.94. The number of benzene rings is 2. The second-order valence-corrected chi connectivity index (χ2v) is 5.54. The van der Waals surface area contributed by atoms with Crippen LogP contribution in [0.1, 0.15) is 5.56 Å². The first-order chi connectivity index (χ1) is 12.0. The second-order valence-electron chi connectivity index (χ2n) is 5.13. The Morgan fingerprint density at radius 3 is 2.60 bits per heavy atom. The van der Waals surface area contributed by atoms with Crippen molar-refractivity contribution in [3.8, 4) is 11.5 Å². The highest BCUT2D eigenvalue weighted by atomic mass is 35.5. The SMILES string of the molecule is COc1ccccc1NC(=O)COC(=O)COc1cc(C)ccc1Cl. The Morgan fingerprint density at radius 2 is 1.84 bits per heavy atom. The Bertz CT molecular complexity index is 763. The number of carbonyl (C=O) groups excluding carboxylic acids is 2. The lowest BCUT2D eigenvalue weighted by Gasteiger charge is -2.11. The van der Waals surface area contributed by atoms with Crippen LogP contribution in [0, 0.1) is 6.92 Å². The number of rotatable bonds is 7. The van der Waals surface area contributed by atoms with Gasteiger partial charge in [0.2, 0.25) is 0 Å². The largest absolute Gasteiger partial charge is 0.495 e. The maximum Gasteiger partial charge on any atom is 0.344 e. The van der Waals surface area contributed by atoms with Gasteiger partial charge in [0.1, 0.15) is 11.5 Å². The minimum absolute atomic E-state index is 0.342. The molecule has 1 N–H and O–H groups in total. The lowest BCUT2D eigenvalue weighted by molar-refractivity contribution is -0.149. The summed E-state index contributed by atoms with van der Waals surface area (Å²) >= 11 is 5.97. The van der Waals surface area contributed by atoms with Gasteiger partial charge in [-0.2, -0.15) is 0 Å². The van der Waals surface area contributed by atoms with E-state index in [4.69, 9.17) is 25.8 Å². The fourth-order valence-electron chi connectivity index (χ4n) is 1.98. The standard InChI is InChI=1S/C18H18ClNO5/c1-12-7-8-13(19)16(9-12)24-11-18(22)25-10-17(21)20-14-5-3-4-6-15(14)23-2/h3-9H,10-11H2,1-2H3,(H,20,21). The van der Waals surface area contributed by atoms with Crippen LogP contribution in [-0.4, -0.2) is 32.2 Å². The molecule has 0 radical (unpaired) electrons. The molecule has 0 bridgehead atoms. The highest BCUT2D eigenvalue weighted by molar-refractivity contribution is 6.32. The van der Waals surface area contributed by atoms with Crippen molar-refractivity contribution >= 4 is 29.2 Å². The van der Waals surface area contributed by atoms with Gasteiger partial charge in [-0.15, -0.1) is 0 Å². The molecular weight excluding hydrogens is 346 g/mol. The van der Waals surface area contributed by atoms with E-state index >= 15 is 0 Å². The van der Waals surface area contributed by atoms with E-state index in [9.17, 15) is 9.59 Å². The van der Waals surface area contributed by atoms with Gasteiger partial charge in [-0.25, -0.2) is 4.79 Å². The van der Waals surface area contributed by atoms with Crippen molar-refractivity contribution in [2.45, 2.75) is 6.92 Å². The van der Waals surface area contributed by atoms with E-state index in [0.29, 0.717) is 22.2 Å². The molecule has 0 spiro atoms. The maximum absolute atomic E-state index is 11.9. The lowest BCUT2D eigenvalue weighted by Crippen LogP contribution is -2.23. The summed E-state index contributed by atoms with van der Waals surface area (Å²) in [6, 6.07) is 12.1. The number of nitrogens with one attached hydrogen (secondary N) is 1. The highest BCUT2D eigenvalue weighted by Crippen LogP contribution is 2.25. The van der Waals surface area contributed by atoms with E-state index < -0.39 is 18.5 Å². The Hall–Kier alpha value is -2.73. The first-order valence-electron chi connectivity index (χ1n) is 7.47. The van der Waals surface area contributed by atoms with Crippen LogP contribution in [-0.2, 0) is 14.3 Å². The first-order valence-corrected chi connectivity index (χ1v) is 7.85. The zero-order valence-corrected chi connectivity index (χ0v) is 14.6. The van der Waals surface area contributed by atoms with Crippen LogP contribution < -0.4 is 14.8 Å². The number of methoxy groups -OCH3 is 1. The van der Waals surface area contributed by atoms with Crippen LogP contribution in [0.15, 0.2) is 42.5 Å². The molecule has 0 saturated carbocycles. The molecule has 2 aromatic rings. The van der Waals surface area contributed by atoms with Gasteiger partial charge in [0, 0.05) is 0 Å². The maximum atomic E-state index is 11.9. The fourth-order valence-corrected chi connectivity index (χ4v) is 2.15. The van der Waals surface area contributed by atoms with Gasteiger partial charge in [-0.1, -0.05) is 29.8 Å². The Labute approximate surface area is 150 Å². The summed E-state index contributed by atoms with van der Waals surface area (Å²) in [5.74, 6) is -0.254. The number of hydrogen-bond acceptors (Lipinski definition) is 5. The predicted octanol–water partition coefficient (Wildman–Crippen LogP) is 3.22. The number of carbonyl (C=O) groups is 2. The summed E-state index contributed by atoms with van der Waals surface area (Å²) in [6.45, 7) is 1.11. The molecule has 0 fully saturated rings. The number of anilines is 1. The average Bonchev–Trinajstić information content (AvgIpc) is 2.61. The summed E-state index contributed by atoms with van der Waals surface area (Å²) in [7, 11) is 1.50. The minimum Gasteiger partial charge on any atom is -0.495 e. The topological polar surface area (TPSA) is 73.9 Å². The van der Waals surface area contributed by atoms with Crippen LogP contribution in [0.4, 0.5) is 5.69 Å². The molecule has 6 nitrogen and oxygen atoms in total. The van der Waals surface area contributed by atoms with Crippen molar-refractivity contribution < 1.29 is 23.8 Å². The average molecular weight is 364 g/mol. The number of esters is 1. The molecule has 1 amide bonds. The summed E-state index contributed by atoms with van der Waals surface area (Å²) in [4.78, 5) is 23.5. The number of amides is 1. The van der Waals surface area contributed by atoms with E-state index in [-0.39, 0.29) is 6.61 Å². The predicted molar refractivity (Wildman–Crippen MR) is 94.3 cm³/mol. The van der Waals surface area contributed by atoms with Gasteiger partial charge in [0.25, 0.3) is 5.91 Å². The first kappa shape index (κ1) is 18.6. The molecule has 0 aliphatic carbocycles. The molecule has 0 aliphatic heterocycles. The van der Waals surface area contributed by atoms with Crippen molar-refractivity contribution in [3.63, 3.8) is 0 Å². The molecule has 2 aromatic carbocycles. The molecule has 0 saturated heterocycles. The molecule has 0 unspecified atom stereocenters. The van der Waals surface area contributed by atoms with Crippen LogP contribution in [0.25, 0.3) is 0 Å². The molecule has 0 aliphatic rings. The van der Waals surface area contributed by atoms with E-state index in [0.717, 1.165) is 5.56 Å². The number of ether oxygens (including phenoxy) is 3. The Kier molecular flexibility index (Phi) is 6.65. The summed E-state index contributed by atoms with van der Waals surface area (Å²) in [5, 5.41) is 3.00. The van der Waals surface area contributed by atoms with Gasteiger partial charge in [0.15, 0.2) is 13.2 Å². The fraction of sp³-hybridized carbons (Fsp3) is 0.222. The van der Waals surface area contributed by atoms with Crippen molar-refractivity contribution in [3.05, 3.63) is 53.1 Å². The monoisotopic (exact) mass is 363 g/mol. The minimum atomic E-state index is -0.673. The van der Waals surface area contributed by atoms with E-state index in [2.05, 4.69) is 5.32 Å². The molecule has 0 heterocycles. The summed E-state index contributed by atoms with van der Waals surface area (Å²) < 4.78 is 15.3. The molecule has 7 heteroatoms. The zero-order chi connectivity index (χ0) is 18.2. The van der Waals surface area contributed by atoms with Crippen LogP contribution in [0.2, 0.25) is 5.02 Å². The third-order valence-electron chi connectivity index (χ3n) is 3.18. The zero-order valence-electron chi connectivity index (χ0n) is 13.9.